The monoisotopic (exact) mass is 209 g/mol. The summed E-state index contributed by atoms with van der Waals surface area (Å²) in [7, 11) is 1.79. The highest BCUT2D eigenvalue weighted by Crippen LogP contribution is 2.29. The number of ether oxygens (including phenoxy) is 1. The van der Waals surface area contributed by atoms with Crippen molar-refractivity contribution in [2.24, 2.45) is 0 Å². The van der Waals surface area contributed by atoms with Crippen molar-refractivity contribution in [2.45, 2.75) is 44.8 Å². The Hall–Kier alpha value is -1.03. The van der Waals surface area contributed by atoms with E-state index in [4.69, 9.17) is 10.5 Å². The molecule has 15 heavy (non-hydrogen) atoms. The Morgan fingerprint density at radius 3 is 2.53 bits per heavy atom. The molecule has 0 aliphatic heterocycles. The van der Waals surface area contributed by atoms with Gasteiger partial charge in [0, 0.05) is 18.9 Å². The lowest BCUT2D eigenvalue weighted by atomic mass is 9.93. The van der Waals surface area contributed by atoms with Gasteiger partial charge in [0.15, 0.2) is 0 Å². The van der Waals surface area contributed by atoms with E-state index in [-0.39, 0.29) is 0 Å². The van der Waals surface area contributed by atoms with Gasteiger partial charge in [0.1, 0.15) is 5.82 Å². The third-order valence-electron chi connectivity index (χ3n) is 3.30. The van der Waals surface area contributed by atoms with Crippen molar-refractivity contribution in [1.82, 2.24) is 9.78 Å². The molecule has 1 aromatic rings. The van der Waals surface area contributed by atoms with E-state index in [9.17, 15) is 0 Å². The van der Waals surface area contributed by atoms with Crippen LogP contribution < -0.4 is 5.73 Å². The molecule has 0 saturated heterocycles. The van der Waals surface area contributed by atoms with Crippen LogP contribution in [0.1, 0.15) is 37.3 Å². The highest BCUT2D eigenvalue weighted by atomic mass is 16.5. The average molecular weight is 209 g/mol. The molecule has 1 aromatic heterocycles. The maximum atomic E-state index is 5.74. The van der Waals surface area contributed by atoms with Gasteiger partial charge in [-0.2, -0.15) is 5.10 Å². The quantitative estimate of drug-likeness (QED) is 0.809. The van der Waals surface area contributed by atoms with Crippen LogP contribution in [0.15, 0.2) is 6.20 Å². The first-order valence-corrected chi connectivity index (χ1v) is 5.54. The van der Waals surface area contributed by atoms with E-state index in [2.05, 4.69) is 5.10 Å². The molecule has 1 fully saturated rings. The van der Waals surface area contributed by atoms with E-state index < -0.39 is 0 Å². The second kappa shape index (κ2) is 4.23. The Bertz CT molecular complexity index is 307. The number of nitrogen functional groups attached to an aromatic ring is 1. The second-order valence-electron chi connectivity index (χ2n) is 4.34. The molecule has 0 bridgehead atoms. The van der Waals surface area contributed by atoms with Gasteiger partial charge in [0.2, 0.25) is 0 Å². The molecule has 1 heterocycles. The number of methoxy groups -OCH3 is 1. The summed E-state index contributed by atoms with van der Waals surface area (Å²) in [6, 6.07) is 0.507. The van der Waals surface area contributed by atoms with E-state index in [0.29, 0.717) is 18.0 Å². The fraction of sp³-hybridized carbons (Fsp3) is 0.727. The summed E-state index contributed by atoms with van der Waals surface area (Å²) in [6.07, 6.45) is 7.01. The summed E-state index contributed by atoms with van der Waals surface area (Å²) in [6.45, 7) is 2.00. The number of hydrogen-bond acceptors (Lipinski definition) is 3. The molecule has 0 aromatic carbocycles. The normalized spacial score (nSPS) is 26.8. The molecule has 0 radical (unpaired) electrons. The Morgan fingerprint density at radius 1 is 1.40 bits per heavy atom. The van der Waals surface area contributed by atoms with Crippen molar-refractivity contribution in [1.29, 1.82) is 0 Å². The highest BCUT2D eigenvalue weighted by molar-refractivity contribution is 5.35. The van der Waals surface area contributed by atoms with Crippen LogP contribution in [0.3, 0.4) is 0 Å². The lowest BCUT2D eigenvalue weighted by Gasteiger charge is -2.27. The molecule has 2 N–H and O–H groups in total. The maximum Gasteiger partial charge on any atom is 0.148 e. The topological polar surface area (TPSA) is 53.1 Å². The first-order chi connectivity index (χ1) is 7.20. The van der Waals surface area contributed by atoms with Crippen molar-refractivity contribution in [3.8, 4) is 0 Å². The van der Waals surface area contributed by atoms with Crippen LogP contribution in [0, 0.1) is 6.92 Å². The average Bonchev–Trinajstić information content (AvgIpc) is 2.59. The summed E-state index contributed by atoms with van der Waals surface area (Å²) in [4.78, 5) is 0. The lowest BCUT2D eigenvalue weighted by molar-refractivity contribution is 0.0568. The molecule has 4 nitrogen and oxygen atoms in total. The minimum Gasteiger partial charge on any atom is -0.382 e. The van der Waals surface area contributed by atoms with Crippen molar-refractivity contribution in [3.63, 3.8) is 0 Å². The number of nitrogens with zero attached hydrogens (tertiary/aromatic N) is 2. The van der Waals surface area contributed by atoms with Gasteiger partial charge in [-0.25, -0.2) is 0 Å². The molecular formula is C11H19N3O. The zero-order chi connectivity index (χ0) is 10.8. The van der Waals surface area contributed by atoms with Crippen LogP contribution in [0.5, 0.6) is 0 Å². The Kier molecular flexibility index (Phi) is 2.95. The molecule has 84 valence electrons. The van der Waals surface area contributed by atoms with E-state index in [1.165, 1.54) is 0 Å². The highest BCUT2D eigenvalue weighted by Gasteiger charge is 2.22. The number of nitrogens with two attached hydrogens (primary N) is 1. The van der Waals surface area contributed by atoms with Gasteiger partial charge >= 0.3 is 0 Å². The van der Waals surface area contributed by atoms with Crippen LogP contribution in [0.25, 0.3) is 0 Å². The van der Waals surface area contributed by atoms with Crippen LogP contribution >= 0.6 is 0 Å². The predicted molar refractivity (Wildman–Crippen MR) is 59.7 cm³/mol. The van der Waals surface area contributed by atoms with Crippen molar-refractivity contribution < 1.29 is 4.74 Å². The van der Waals surface area contributed by atoms with E-state index in [0.717, 1.165) is 31.2 Å². The van der Waals surface area contributed by atoms with Gasteiger partial charge in [-0.05, 0) is 32.6 Å². The van der Waals surface area contributed by atoms with Crippen molar-refractivity contribution in [2.75, 3.05) is 12.8 Å². The third-order valence-corrected chi connectivity index (χ3v) is 3.30. The number of aryl methyl sites for hydroxylation is 1. The molecule has 0 atom stereocenters. The fourth-order valence-electron chi connectivity index (χ4n) is 2.23. The standard InChI is InChI=1S/C11H19N3O/c1-8-7-14(13-11(8)12)9-3-5-10(15-2)6-4-9/h7,9-10H,3-6H2,1-2H3,(H2,12,13). The minimum atomic E-state index is 0.440. The molecule has 1 saturated carbocycles. The Labute approximate surface area is 90.4 Å². The number of rotatable bonds is 2. The Morgan fingerprint density at radius 2 is 2.07 bits per heavy atom. The third kappa shape index (κ3) is 2.15. The number of hydrogen-bond donors (Lipinski definition) is 1. The molecule has 4 heteroatoms. The molecule has 1 aliphatic carbocycles. The van der Waals surface area contributed by atoms with Gasteiger partial charge in [-0.15, -0.1) is 0 Å². The van der Waals surface area contributed by atoms with Gasteiger partial charge < -0.3 is 10.5 Å². The summed E-state index contributed by atoms with van der Waals surface area (Å²) in [5.41, 5.74) is 6.82. The first-order valence-electron chi connectivity index (χ1n) is 5.54. The van der Waals surface area contributed by atoms with Crippen LogP contribution in [0.4, 0.5) is 5.82 Å². The van der Waals surface area contributed by atoms with Crippen LogP contribution in [-0.4, -0.2) is 23.0 Å². The molecule has 0 unspecified atom stereocenters. The van der Waals surface area contributed by atoms with E-state index in [1.54, 1.807) is 7.11 Å². The summed E-state index contributed by atoms with van der Waals surface area (Å²) in [5.74, 6) is 0.656. The summed E-state index contributed by atoms with van der Waals surface area (Å²) in [5, 5.41) is 4.34. The van der Waals surface area contributed by atoms with Gasteiger partial charge in [0.25, 0.3) is 0 Å². The van der Waals surface area contributed by atoms with Gasteiger partial charge in [0.05, 0.1) is 12.1 Å². The number of anilines is 1. The zero-order valence-corrected chi connectivity index (χ0v) is 9.44. The molecule has 1 aliphatic rings. The van der Waals surface area contributed by atoms with Crippen molar-refractivity contribution >= 4 is 5.82 Å². The van der Waals surface area contributed by atoms with Gasteiger partial charge in [-0.1, -0.05) is 0 Å². The number of aromatic nitrogens is 2. The fourth-order valence-corrected chi connectivity index (χ4v) is 2.23. The first kappa shape index (κ1) is 10.5. The molecule has 0 amide bonds. The second-order valence-corrected chi connectivity index (χ2v) is 4.34. The minimum absolute atomic E-state index is 0.440. The lowest BCUT2D eigenvalue weighted by Crippen LogP contribution is -2.23. The summed E-state index contributed by atoms with van der Waals surface area (Å²) < 4.78 is 7.37. The SMILES string of the molecule is COC1CCC(n2cc(C)c(N)n2)CC1. The van der Waals surface area contributed by atoms with Crippen LogP contribution in [0.2, 0.25) is 0 Å². The maximum absolute atomic E-state index is 5.74. The summed E-state index contributed by atoms with van der Waals surface area (Å²) >= 11 is 0. The van der Waals surface area contributed by atoms with Gasteiger partial charge in [-0.3, -0.25) is 4.68 Å². The van der Waals surface area contributed by atoms with Crippen molar-refractivity contribution in [3.05, 3.63) is 11.8 Å². The van der Waals surface area contributed by atoms with E-state index >= 15 is 0 Å². The Balaban J connectivity index is 2.01. The molecule has 2 rings (SSSR count). The molecular weight excluding hydrogens is 190 g/mol. The molecule has 0 spiro atoms. The zero-order valence-electron chi connectivity index (χ0n) is 9.44. The smallest absolute Gasteiger partial charge is 0.148 e. The van der Waals surface area contributed by atoms with Crippen LogP contribution in [-0.2, 0) is 4.74 Å². The largest absolute Gasteiger partial charge is 0.382 e. The van der Waals surface area contributed by atoms with E-state index in [1.807, 2.05) is 17.8 Å². The predicted octanol–water partition coefficient (Wildman–Crippen LogP) is 1.90.